The number of carbonyl (C=O) groups is 2. The monoisotopic (exact) mass is 531 g/mol. The number of carbonyl (C=O) groups excluding carboxylic acids is 2. The number of halogens is 1. The Bertz CT molecular complexity index is 1150. The molecule has 0 radical (unpaired) electrons. The number of benzene rings is 3. The van der Waals surface area contributed by atoms with Crippen molar-refractivity contribution < 1.29 is 38.0 Å². The molecule has 0 aliphatic rings. The second kappa shape index (κ2) is 14.4. The van der Waals surface area contributed by atoms with Gasteiger partial charge in [-0.2, -0.15) is 0 Å². The Labute approximate surface area is 221 Å². The van der Waals surface area contributed by atoms with Crippen LogP contribution in [0.1, 0.15) is 26.3 Å². The fourth-order valence-corrected chi connectivity index (χ4v) is 3.40. The molecule has 0 atom stereocenters. The Kier molecular flexibility index (Phi) is 11.4. The van der Waals surface area contributed by atoms with E-state index in [1.165, 1.54) is 54.8 Å². The Morgan fingerprint density at radius 1 is 0.649 bits per heavy atom. The maximum absolute atomic E-state index is 12.3. The molecule has 0 aromatic heterocycles. The quantitative estimate of drug-likeness (QED) is 0.375. The number of hydrogen-bond acceptors (Lipinski definition) is 8. The lowest BCUT2D eigenvalue weighted by Crippen LogP contribution is -2.22. The van der Waals surface area contributed by atoms with Crippen molar-refractivity contribution in [1.29, 1.82) is 0 Å². The molecule has 37 heavy (non-hydrogen) atoms. The lowest BCUT2D eigenvalue weighted by atomic mass is 10.1. The van der Waals surface area contributed by atoms with Crippen LogP contribution in [0.4, 0.5) is 0 Å². The molecule has 1 amide bonds. The Balaban J connectivity index is 0.000000281. The number of amides is 1. The number of nitrogens with one attached hydrogen (secondary N) is 1. The lowest BCUT2D eigenvalue weighted by molar-refractivity contribution is 0.0949. The minimum Gasteiger partial charge on any atom is -0.493 e. The third-order valence-corrected chi connectivity index (χ3v) is 5.33. The van der Waals surface area contributed by atoms with Crippen molar-refractivity contribution >= 4 is 22.8 Å². The molecule has 198 valence electrons. The zero-order valence-corrected chi connectivity index (χ0v) is 22.3. The van der Waals surface area contributed by atoms with Crippen molar-refractivity contribution in [3.63, 3.8) is 0 Å². The van der Waals surface area contributed by atoms with Crippen LogP contribution < -0.4 is 33.7 Å². The summed E-state index contributed by atoms with van der Waals surface area (Å²) in [7, 11) is 8.99. The molecule has 10 heteroatoms. The second-order valence-corrected chi connectivity index (χ2v) is 7.61. The van der Waals surface area contributed by atoms with Gasteiger partial charge in [-0.15, -0.1) is 0 Å². The van der Waals surface area contributed by atoms with E-state index in [1.54, 1.807) is 12.1 Å². The highest BCUT2D eigenvalue weighted by atomic mass is 35.5. The van der Waals surface area contributed by atoms with Crippen LogP contribution in [-0.4, -0.2) is 53.8 Å². The molecule has 0 saturated heterocycles. The first kappa shape index (κ1) is 29.1. The van der Waals surface area contributed by atoms with Crippen LogP contribution in [0.5, 0.6) is 34.5 Å². The van der Waals surface area contributed by atoms with E-state index in [0.717, 1.165) is 5.56 Å². The standard InChI is InChI=1S/C17H19NO4.C10H11ClO4/c1-20-14-9-13(10-15(21-2)16(14)22-3)17(19)18-11-12-7-5-4-6-8-12;1-13-7-4-6(10(11)12)5-8(14-2)9(7)15-3/h4-10H,11H2,1-3H3,(H,18,19);4-5H,1-3H3. The molecular formula is C27H30ClNO8. The van der Waals surface area contributed by atoms with Crippen molar-refractivity contribution in [3.8, 4) is 34.5 Å². The largest absolute Gasteiger partial charge is 0.493 e. The summed E-state index contributed by atoms with van der Waals surface area (Å²) in [5, 5.41) is 2.29. The van der Waals surface area contributed by atoms with Crippen LogP contribution in [0.3, 0.4) is 0 Å². The summed E-state index contributed by atoms with van der Waals surface area (Å²) in [5.74, 6) is 2.40. The highest BCUT2D eigenvalue weighted by molar-refractivity contribution is 6.67. The summed E-state index contributed by atoms with van der Waals surface area (Å²) in [6, 6.07) is 16.0. The molecule has 3 rings (SSSR count). The maximum Gasteiger partial charge on any atom is 0.252 e. The Morgan fingerprint density at radius 3 is 1.41 bits per heavy atom. The SMILES string of the molecule is COc1cc(C(=O)Cl)cc(OC)c1OC.COc1cc(C(=O)NCc2ccccc2)cc(OC)c1OC. The van der Waals surface area contributed by atoms with Crippen LogP contribution in [0.15, 0.2) is 54.6 Å². The van der Waals surface area contributed by atoms with E-state index < -0.39 is 5.24 Å². The van der Waals surface area contributed by atoms with E-state index in [-0.39, 0.29) is 5.91 Å². The van der Waals surface area contributed by atoms with E-state index in [4.69, 9.17) is 40.0 Å². The van der Waals surface area contributed by atoms with Gasteiger partial charge in [0.05, 0.1) is 42.7 Å². The summed E-state index contributed by atoms with van der Waals surface area (Å²) in [4.78, 5) is 23.3. The maximum atomic E-state index is 12.3. The summed E-state index contributed by atoms with van der Waals surface area (Å²) in [6.07, 6.45) is 0. The van der Waals surface area contributed by atoms with Crippen LogP contribution in [0.2, 0.25) is 0 Å². The smallest absolute Gasteiger partial charge is 0.252 e. The van der Waals surface area contributed by atoms with E-state index in [2.05, 4.69) is 5.32 Å². The Hall–Kier alpha value is -4.11. The van der Waals surface area contributed by atoms with Crippen LogP contribution >= 0.6 is 11.6 Å². The van der Waals surface area contributed by atoms with E-state index in [0.29, 0.717) is 52.2 Å². The molecule has 0 spiro atoms. The predicted molar refractivity (Wildman–Crippen MR) is 140 cm³/mol. The van der Waals surface area contributed by atoms with Gasteiger partial charge in [-0.05, 0) is 41.4 Å². The van der Waals surface area contributed by atoms with Crippen LogP contribution in [-0.2, 0) is 6.54 Å². The first-order valence-corrected chi connectivity index (χ1v) is 11.3. The van der Waals surface area contributed by atoms with Gasteiger partial charge >= 0.3 is 0 Å². The molecule has 9 nitrogen and oxygen atoms in total. The van der Waals surface area contributed by atoms with Gasteiger partial charge in [0, 0.05) is 17.7 Å². The fraction of sp³-hybridized carbons (Fsp3) is 0.259. The fourth-order valence-electron chi connectivity index (χ4n) is 3.29. The molecule has 0 aliphatic heterocycles. The highest BCUT2D eigenvalue weighted by Crippen LogP contribution is 2.39. The number of hydrogen-bond donors (Lipinski definition) is 1. The second-order valence-electron chi connectivity index (χ2n) is 7.27. The van der Waals surface area contributed by atoms with E-state index in [1.807, 2.05) is 30.3 Å². The minimum absolute atomic E-state index is 0.205. The molecule has 1 N–H and O–H groups in total. The van der Waals surface area contributed by atoms with E-state index >= 15 is 0 Å². The van der Waals surface area contributed by atoms with Gasteiger partial charge in [0.1, 0.15) is 0 Å². The lowest BCUT2D eigenvalue weighted by Gasteiger charge is -2.14. The van der Waals surface area contributed by atoms with Gasteiger partial charge in [0.15, 0.2) is 23.0 Å². The van der Waals surface area contributed by atoms with Crippen LogP contribution in [0, 0.1) is 0 Å². The molecule has 0 fully saturated rings. The van der Waals surface area contributed by atoms with Crippen molar-refractivity contribution in [3.05, 3.63) is 71.3 Å². The average Bonchev–Trinajstić information content (AvgIpc) is 2.94. The van der Waals surface area contributed by atoms with Gasteiger partial charge in [-0.25, -0.2) is 0 Å². The molecule has 0 heterocycles. The van der Waals surface area contributed by atoms with Crippen molar-refractivity contribution in [2.45, 2.75) is 6.54 Å². The number of rotatable bonds is 10. The Morgan fingerprint density at radius 2 is 1.05 bits per heavy atom. The predicted octanol–water partition coefficient (Wildman–Crippen LogP) is 4.73. The summed E-state index contributed by atoms with van der Waals surface area (Å²) in [6.45, 7) is 0.455. The summed E-state index contributed by atoms with van der Waals surface area (Å²) in [5.41, 5.74) is 1.78. The molecule has 0 unspecified atom stereocenters. The summed E-state index contributed by atoms with van der Waals surface area (Å²) < 4.78 is 30.9. The third-order valence-electron chi connectivity index (χ3n) is 5.11. The van der Waals surface area contributed by atoms with Crippen molar-refractivity contribution in [1.82, 2.24) is 5.32 Å². The normalized spacial score (nSPS) is 9.81. The van der Waals surface area contributed by atoms with Gasteiger partial charge in [-0.3, -0.25) is 9.59 Å². The number of ether oxygens (including phenoxy) is 6. The number of methoxy groups -OCH3 is 6. The van der Waals surface area contributed by atoms with Gasteiger partial charge in [0.2, 0.25) is 11.5 Å². The topological polar surface area (TPSA) is 102 Å². The summed E-state index contributed by atoms with van der Waals surface area (Å²) >= 11 is 5.37. The van der Waals surface area contributed by atoms with E-state index in [9.17, 15) is 9.59 Å². The van der Waals surface area contributed by atoms with Gasteiger partial charge in [-0.1, -0.05) is 30.3 Å². The van der Waals surface area contributed by atoms with Crippen LogP contribution in [0.25, 0.3) is 0 Å². The first-order valence-electron chi connectivity index (χ1n) is 10.9. The molecular weight excluding hydrogens is 502 g/mol. The van der Waals surface area contributed by atoms with Gasteiger partial charge in [0.25, 0.3) is 11.1 Å². The molecule has 0 aliphatic carbocycles. The van der Waals surface area contributed by atoms with Crippen molar-refractivity contribution in [2.75, 3.05) is 42.7 Å². The molecule has 3 aromatic rings. The highest BCUT2D eigenvalue weighted by Gasteiger charge is 2.17. The minimum atomic E-state index is -0.575. The zero-order chi connectivity index (χ0) is 27.4. The van der Waals surface area contributed by atoms with Gasteiger partial charge < -0.3 is 33.7 Å². The first-order chi connectivity index (χ1) is 17.8. The molecule has 0 saturated carbocycles. The van der Waals surface area contributed by atoms with Crippen molar-refractivity contribution in [2.24, 2.45) is 0 Å². The third kappa shape index (κ3) is 7.68. The zero-order valence-electron chi connectivity index (χ0n) is 21.5. The molecule has 3 aromatic carbocycles. The average molecular weight is 532 g/mol. The molecule has 0 bridgehead atoms.